The van der Waals surface area contributed by atoms with Crippen molar-refractivity contribution in [1.82, 2.24) is 9.97 Å². The van der Waals surface area contributed by atoms with Crippen LogP contribution in [0.3, 0.4) is 0 Å². The molecule has 0 amide bonds. The van der Waals surface area contributed by atoms with Crippen molar-refractivity contribution in [3.05, 3.63) is 21.1 Å². The maximum Gasteiger partial charge on any atom is 0.322 e. The van der Waals surface area contributed by atoms with E-state index in [0.717, 1.165) is 12.2 Å². The van der Waals surface area contributed by atoms with E-state index < -0.39 is 4.92 Å². The number of hydrogen-bond acceptors (Lipinski definition) is 5. The summed E-state index contributed by atoms with van der Waals surface area (Å²) in [5, 5.41) is 11.3. The molecular formula is C10H14ClN3O2S. The van der Waals surface area contributed by atoms with Crippen LogP contribution in [0.5, 0.6) is 0 Å². The first-order valence-corrected chi connectivity index (χ1v) is 6.59. The van der Waals surface area contributed by atoms with Gasteiger partial charge in [0.1, 0.15) is 5.69 Å². The second-order valence-electron chi connectivity index (χ2n) is 4.02. The SMILES string of the molecule is Cc1nc(Cl)nc(SCCC(C)C)c1[N+](=O)[O-]. The van der Waals surface area contributed by atoms with Gasteiger partial charge in [-0.3, -0.25) is 10.1 Å². The van der Waals surface area contributed by atoms with E-state index in [1.54, 1.807) is 6.92 Å². The number of nitro groups is 1. The van der Waals surface area contributed by atoms with Gasteiger partial charge in [-0.1, -0.05) is 25.6 Å². The Bertz CT molecular complexity index is 426. The van der Waals surface area contributed by atoms with Crippen LogP contribution >= 0.6 is 23.4 Å². The molecule has 0 fully saturated rings. The minimum absolute atomic E-state index is 0.0387. The van der Waals surface area contributed by atoms with Crippen molar-refractivity contribution in [2.75, 3.05) is 5.75 Å². The lowest BCUT2D eigenvalue weighted by molar-refractivity contribution is -0.389. The molecule has 17 heavy (non-hydrogen) atoms. The molecule has 0 atom stereocenters. The van der Waals surface area contributed by atoms with Crippen LogP contribution in [-0.4, -0.2) is 20.6 Å². The molecule has 0 radical (unpaired) electrons. The molecule has 0 unspecified atom stereocenters. The Labute approximate surface area is 109 Å². The van der Waals surface area contributed by atoms with Gasteiger partial charge < -0.3 is 0 Å². The summed E-state index contributed by atoms with van der Waals surface area (Å²) < 4.78 is 0. The van der Waals surface area contributed by atoms with Gasteiger partial charge >= 0.3 is 5.69 Å². The smallest absolute Gasteiger partial charge is 0.258 e. The summed E-state index contributed by atoms with van der Waals surface area (Å²) in [6.07, 6.45) is 0.975. The van der Waals surface area contributed by atoms with E-state index in [-0.39, 0.29) is 11.0 Å². The number of aryl methyl sites for hydroxylation is 1. The van der Waals surface area contributed by atoms with Gasteiger partial charge in [0.2, 0.25) is 5.28 Å². The van der Waals surface area contributed by atoms with Crippen LogP contribution in [0.4, 0.5) is 5.69 Å². The molecule has 1 aromatic heterocycles. The summed E-state index contributed by atoms with van der Waals surface area (Å²) in [4.78, 5) is 18.2. The van der Waals surface area contributed by atoms with Gasteiger partial charge in [0, 0.05) is 0 Å². The van der Waals surface area contributed by atoms with Crippen LogP contribution in [0.15, 0.2) is 5.03 Å². The highest BCUT2D eigenvalue weighted by Crippen LogP contribution is 2.31. The highest BCUT2D eigenvalue weighted by atomic mass is 35.5. The van der Waals surface area contributed by atoms with Crippen LogP contribution in [-0.2, 0) is 0 Å². The fourth-order valence-electron chi connectivity index (χ4n) is 1.21. The van der Waals surface area contributed by atoms with Gasteiger partial charge in [0.25, 0.3) is 0 Å². The Morgan fingerprint density at radius 1 is 1.47 bits per heavy atom. The molecule has 0 aromatic carbocycles. The highest BCUT2D eigenvalue weighted by Gasteiger charge is 2.21. The molecule has 0 aliphatic carbocycles. The summed E-state index contributed by atoms with van der Waals surface area (Å²) in [5.74, 6) is 1.34. The summed E-state index contributed by atoms with van der Waals surface area (Å²) in [6.45, 7) is 5.78. The maximum atomic E-state index is 10.9. The van der Waals surface area contributed by atoms with E-state index in [1.807, 2.05) is 0 Å². The topological polar surface area (TPSA) is 68.9 Å². The fourth-order valence-corrected chi connectivity index (χ4v) is 2.76. The Kier molecular flexibility index (Phi) is 5.14. The molecule has 0 saturated carbocycles. The molecule has 0 aliphatic heterocycles. The monoisotopic (exact) mass is 275 g/mol. The summed E-state index contributed by atoms with van der Waals surface area (Å²) in [7, 11) is 0. The predicted molar refractivity (Wildman–Crippen MR) is 68.6 cm³/mol. The molecule has 7 heteroatoms. The van der Waals surface area contributed by atoms with Gasteiger partial charge in [-0.05, 0) is 36.6 Å². The third-order valence-corrected chi connectivity index (χ3v) is 3.28. The fraction of sp³-hybridized carbons (Fsp3) is 0.600. The first-order valence-electron chi connectivity index (χ1n) is 5.23. The lowest BCUT2D eigenvalue weighted by Crippen LogP contribution is -2.01. The van der Waals surface area contributed by atoms with Crippen LogP contribution in [0.2, 0.25) is 5.28 Å². The van der Waals surface area contributed by atoms with Crippen molar-refractivity contribution < 1.29 is 4.92 Å². The summed E-state index contributed by atoms with van der Waals surface area (Å²) in [6, 6.07) is 0. The standard InChI is InChI=1S/C10H14ClN3O2S/c1-6(2)4-5-17-9-8(14(15)16)7(3)12-10(11)13-9/h6H,4-5H2,1-3H3. The Balaban J connectivity index is 2.92. The zero-order valence-corrected chi connectivity index (χ0v) is 11.5. The molecule has 1 rings (SSSR count). The number of hydrogen-bond donors (Lipinski definition) is 0. The average molecular weight is 276 g/mol. The van der Waals surface area contributed by atoms with Crippen molar-refractivity contribution in [1.29, 1.82) is 0 Å². The van der Waals surface area contributed by atoms with Gasteiger partial charge in [0.15, 0.2) is 5.03 Å². The lowest BCUT2D eigenvalue weighted by Gasteiger charge is -2.06. The quantitative estimate of drug-likeness (QED) is 0.270. The second kappa shape index (κ2) is 6.16. The second-order valence-corrected chi connectivity index (χ2v) is 5.44. The molecule has 0 aliphatic rings. The summed E-state index contributed by atoms with van der Waals surface area (Å²) in [5.41, 5.74) is 0.269. The molecule has 0 saturated heterocycles. The molecular weight excluding hydrogens is 262 g/mol. The van der Waals surface area contributed by atoms with Crippen molar-refractivity contribution in [3.63, 3.8) is 0 Å². The molecule has 0 N–H and O–H groups in total. The molecule has 5 nitrogen and oxygen atoms in total. The van der Waals surface area contributed by atoms with Crippen LogP contribution in [0, 0.1) is 23.0 Å². The minimum atomic E-state index is -0.455. The van der Waals surface area contributed by atoms with Gasteiger partial charge in [0.05, 0.1) is 4.92 Å². The largest absolute Gasteiger partial charge is 0.322 e. The molecule has 1 heterocycles. The van der Waals surface area contributed by atoms with E-state index in [0.29, 0.717) is 16.6 Å². The average Bonchev–Trinajstić information content (AvgIpc) is 2.14. The Morgan fingerprint density at radius 2 is 2.12 bits per heavy atom. The number of rotatable bonds is 5. The van der Waals surface area contributed by atoms with E-state index in [4.69, 9.17) is 11.6 Å². The van der Waals surface area contributed by atoms with E-state index in [2.05, 4.69) is 23.8 Å². The zero-order valence-electron chi connectivity index (χ0n) is 9.94. The molecule has 94 valence electrons. The Morgan fingerprint density at radius 3 is 2.65 bits per heavy atom. The number of aromatic nitrogens is 2. The Hall–Kier alpha value is -0.880. The third kappa shape index (κ3) is 4.12. The molecule has 1 aromatic rings. The van der Waals surface area contributed by atoms with Gasteiger partial charge in [-0.15, -0.1) is 0 Å². The number of thioether (sulfide) groups is 1. The van der Waals surface area contributed by atoms with Crippen molar-refractivity contribution >= 4 is 29.1 Å². The summed E-state index contributed by atoms with van der Waals surface area (Å²) >= 11 is 7.06. The first-order chi connectivity index (χ1) is 7.91. The van der Waals surface area contributed by atoms with Crippen molar-refractivity contribution in [3.8, 4) is 0 Å². The third-order valence-electron chi connectivity index (χ3n) is 2.12. The maximum absolute atomic E-state index is 10.9. The normalized spacial score (nSPS) is 10.9. The van der Waals surface area contributed by atoms with E-state index >= 15 is 0 Å². The van der Waals surface area contributed by atoms with E-state index in [1.165, 1.54) is 11.8 Å². The van der Waals surface area contributed by atoms with Gasteiger partial charge in [-0.2, -0.15) is 0 Å². The molecule has 0 bridgehead atoms. The van der Waals surface area contributed by atoms with Crippen LogP contribution in [0.1, 0.15) is 26.0 Å². The number of halogens is 1. The van der Waals surface area contributed by atoms with Crippen LogP contribution < -0.4 is 0 Å². The van der Waals surface area contributed by atoms with E-state index in [9.17, 15) is 10.1 Å². The van der Waals surface area contributed by atoms with Crippen LogP contribution in [0.25, 0.3) is 0 Å². The lowest BCUT2D eigenvalue weighted by atomic mass is 10.2. The minimum Gasteiger partial charge on any atom is -0.258 e. The van der Waals surface area contributed by atoms with Crippen molar-refractivity contribution in [2.45, 2.75) is 32.2 Å². The van der Waals surface area contributed by atoms with Crippen molar-refractivity contribution in [2.24, 2.45) is 5.92 Å². The van der Waals surface area contributed by atoms with Gasteiger partial charge in [-0.25, -0.2) is 9.97 Å². The predicted octanol–water partition coefficient (Wildman–Crippen LogP) is 3.48. The molecule has 0 spiro atoms. The zero-order chi connectivity index (χ0) is 13.0. The first kappa shape index (κ1) is 14.2. The number of nitrogens with zero attached hydrogens (tertiary/aromatic N) is 3. The highest BCUT2D eigenvalue weighted by molar-refractivity contribution is 7.99.